The zero-order valence-electron chi connectivity index (χ0n) is 10.8. The third-order valence-corrected chi connectivity index (χ3v) is 3.98. The molecule has 1 aliphatic heterocycles. The maximum Gasteiger partial charge on any atom is 0.237 e. The Labute approximate surface area is 112 Å². The highest BCUT2D eigenvalue weighted by atomic mass is 32.2. The summed E-state index contributed by atoms with van der Waals surface area (Å²) in [6.07, 6.45) is 0. The van der Waals surface area contributed by atoms with Crippen LogP contribution in [-0.4, -0.2) is 38.8 Å². The summed E-state index contributed by atoms with van der Waals surface area (Å²) < 4.78 is 0. The van der Waals surface area contributed by atoms with Gasteiger partial charge in [0, 0.05) is 24.5 Å². The molecule has 0 atom stereocenters. The second-order valence-corrected chi connectivity index (χ2v) is 5.29. The predicted octanol–water partition coefficient (Wildman–Crippen LogP) is 1.06. The summed E-state index contributed by atoms with van der Waals surface area (Å²) in [6, 6.07) is 6.35. The van der Waals surface area contributed by atoms with Crippen molar-refractivity contribution < 1.29 is 4.79 Å². The van der Waals surface area contributed by atoms with Crippen molar-refractivity contribution in [3.63, 3.8) is 0 Å². The smallest absolute Gasteiger partial charge is 0.237 e. The van der Waals surface area contributed by atoms with E-state index in [1.807, 2.05) is 19.0 Å². The first-order chi connectivity index (χ1) is 8.76. The van der Waals surface area contributed by atoms with E-state index in [4.69, 9.17) is 0 Å². The van der Waals surface area contributed by atoms with Gasteiger partial charge in [0.05, 0.1) is 11.4 Å². The van der Waals surface area contributed by atoms with E-state index < -0.39 is 0 Å². The quantitative estimate of drug-likeness (QED) is 0.836. The van der Waals surface area contributed by atoms with Crippen molar-refractivity contribution in [1.29, 1.82) is 0 Å². The Morgan fingerprint density at radius 3 is 2.89 bits per heavy atom. The monoisotopic (exact) mass is 265 g/mol. The van der Waals surface area contributed by atoms with Crippen LogP contribution in [0.4, 0.5) is 5.69 Å². The molecule has 0 radical (unpaired) electrons. The van der Waals surface area contributed by atoms with E-state index in [-0.39, 0.29) is 5.91 Å². The average molecular weight is 265 g/mol. The van der Waals surface area contributed by atoms with Crippen molar-refractivity contribution in [1.82, 2.24) is 10.6 Å². The van der Waals surface area contributed by atoms with Gasteiger partial charge in [0.25, 0.3) is 0 Å². The second kappa shape index (κ2) is 6.22. The van der Waals surface area contributed by atoms with E-state index in [2.05, 4.69) is 28.8 Å². The van der Waals surface area contributed by atoms with Crippen molar-refractivity contribution in [2.75, 3.05) is 37.8 Å². The van der Waals surface area contributed by atoms with Crippen LogP contribution in [0.2, 0.25) is 0 Å². The van der Waals surface area contributed by atoms with Gasteiger partial charge in [-0.05, 0) is 31.8 Å². The molecule has 0 saturated heterocycles. The van der Waals surface area contributed by atoms with E-state index in [1.165, 1.54) is 10.5 Å². The van der Waals surface area contributed by atoms with Crippen molar-refractivity contribution >= 4 is 23.4 Å². The normalized spacial score (nSPS) is 14.8. The fourth-order valence-corrected chi connectivity index (χ4v) is 2.95. The number of amides is 1. The number of anilines is 1. The number of thioether (sulfide) groups is 1. The Morgan fingerprint density at radius 2 is 2.17 bits per heavy atom. The van der Waals surface area contributed by atoms with E-state index in [0.717, 1.165) is 25.3 Å². The molecule has 0 saturated carbocycles. The van der Waals surface area contributed by atoms with Crippen LogP contribution in [-0.2, 0) is 11.3 Å². The lowest BCUT2D eigenvalue weighted by Gasteiger charge is -2.29. The molecule has 1 aromatic carbocycles. The van der Waals surface area contributed by atoms with Crippen molar-refractivity contribution in [2.45, 2.75) is 11.4 Å². The molecule has 2 rings (SSSR count). The summed E-state index contributed by atoms with van der Waals surface area (Å²) in [4.78, 5) is 15.1. The predicted molar refractivity (Wildman–Crippen MR) is 76.2 cm³/mol. The number of nitrogens with zero attached hydrogens (tertiary/aromatic N) is 1. The lowest BCUT2D eigenvalue weighted by Crippen LogP contribution is -2.39. The van der Waals surface area contributed by atoms with E-state index in [9.17, 15) is 4.79 Å². The molecule has 0 unspecified atom stereocenters. The molecule has 1 aliphatic rings. The Bertz CT molecular complexity index is 436. The number of fused-ring (bicyclic) bond motifs is 1. The highest BCUT2D eigenvalue weighted by Gasteiger charge is 2.24. The van der Waals surface area contributed by atoms with Gasteiger partial charge in [-0.1, -0.05) is 6.07 Å². The minimum Gasteiger partial charge on any atom is -0.318 e. The SMILES string of the molecule is CNCCN1C(=O)CSc2ccc(CNC)cc21. The van der Waals surface area contributed by atoms with Crippen LogP contribution >= 0.6 is 11.8 Å². The van der Waals surface area contributed by atoms with E-state index >= 15 is 0 Å². The largest absolute Gasteiger partial charge is 0.318 e. The number of hydrogen-bond acceptors (Lipinski definition) is 4. The first-order valence-corrected chi connectivity index (χ1v) is 7.10. The number of likely N-dealkylation sites (N-methyl/N-ethyl adjacent to an activating group) is 1. The van der Waals surface area contributed by atoms with Gasteiger partial charge in [0.1, 0.15) is 0 Å². The van der Waals surface area contributed by atoms with Crippen LogP contribution < -0.4 is 15.5 Å². The first-order valence-electron chi connectivity index (χ1n) is 6.11. The van der Waals surface area contributed by atoms with Crippen LogP contribution in [0.1, 0.15) is 5.56 Å². The van der Waals surface area contributed by atoms with Gasteiger partial charge in [-0.15, -0.1) is 11.8 Å². The van der Waals surface area contributed by atoms with Crippen LogP contribution in [0.25, 0.3) is 0 Å². The molecule has 0 aromatic heterocycles. The maximum atomic E-state index is 12.0. The molecule has 1 heterocycles. The molecule has 0 fully saturated rings. The number of carbonyl (C=O) groups excluding carboxylic acids is 1. The van der Waals surface area contributed by atoms with Gasteiger partial charge in [-0.25, -0.2) is 0 Å². The van der Waals surface area contributed by atoms with Gasteiger partial charge in [-0.2, -0.15) is 0 Å². The summed E-state index contributed by atoms with van der Waals surface area (Å²) in [5, 5.41) is 6.23. The van der Waals surface area contributed by atoms with Gasteiger partial charge in [-0.3, -0.25) is 4.79 Å². The summed E-state index contributed by atoms with van der Waals surface area (Å²) in [7, 11) is 3.83. The zero-order chi connectivity index (χ0) is 13.0. The van der Waals surface area contributed by atoms with Crippen LogP contribution in [0.3, 0.4) is 0 Å². The van der Waals surface area contributed by atoms with Crippen LogP contribution in [0, 0.1) is 0 Å². The summed E-state index contributed by atoms with van der Waals surface area (Å²) in [5.41, 5.74) is 2.26. The van der Waals surface area contributed by atoms with E-state index in [1.54, 1.807) is 11.8 Å². The number of carbonyl (C=O) groups is 1. The molecule has 18 heavy (non-hydrogen) atoms. The Balaban J connectivity index is 2.27. The molecule has 1 aromatic rings. The Morgan fingerprint density at radius 1 is 1.33 bits per heavy atom. The summed E-state index contributed by atoms with van der Waals surface area (Å²) in [5.74, 6) is 0.742. The molecule has 2 N–H and O–H groups in total. The number of nitrogens with one attached hydrogen (secondary N) is 2. The molecule has 0 spiro atoms. The fourth-order valence-electron chi connectivity index (χ4n) is 2.03. The standard InChI is InChI=1S/C13H19N3OS/c1-14-5-6-16-11-7-10(8-15-2)3-4-12(11)18-9-13(16)17/h3-4,7,14-15H,5-6,8-9H2,1-2H3. The maximum absolute atomic E-state index is 12.0. The first kappa shape index (κ1) is 13.4. The molecule has 98 valence electrons. The molecular weight excluding hydrogens is 246 g/mol. The van der Waals surface area contributed by atoms with Gasteiger partial charge >= 0.3 is 0 Å². The lowest BCUT2D eigenvalue weighted by atomic mass is 10.1. The fraction of sp³-hybridized carbons (Fsp3) is 0.462. The van der Waals surface area contributed by atoms with Crippen molar-refractivity contribution in [3.05, 3.63) is 23.8 Å². The molecule has 5 heteroatoms. The molecule has 0 bridgehead atoms. The lowest BCUT2D eigenvalue weighted by molar-refractivity contribution is -0.116. The average Bonchev–Trinajstić information content (AvgIpc) is 2.38. The van der Waals surface area contributed by atoms with Crippen LogP contribution in [0.5, 0.6) is 0 Å². The second-order valence-electron chi connectivity index (χ2n) is 4.27. The zero-order valence-corrected chi connectivity index (χ0v) is 11.6. The molecule has 1 amide bonds. The van der Waals surface area contributed by atoms with Crippen LogP contribution in [0.15, 0.2) is 23.1 Å². The third-order valence-electron chi connectivity index (χ3n) is 2.93. The number of hydrogen-bond donors (Lipinski definition) is 2. The number of rotatable bonds is 5. The highest BCUT2D eigenvalue weighted by molar-refractivity contribution is 8.00. The highest BCUT2D eigenvalue weighted by Crippen LogP contribution is 2.35. The molecular formula is C13H19N3OS. The summed E-state index contributed by atoms with van der Waals surface area (Å²) >= 11 is 1.63. The Hall–Kier alpha value is -1.04. The van der Waals surface area contributed by atoms with Gasteiger partial charge in [0.15, 0.2) is 0 Å². The number of benzene rings is 1. The van der Waals surface area contributed by atoms with Crippen molar-refractivity contribution in [2.24, 2.45) is 0 Å². The topological polar surface area (TPSA) is 44.4 Å². The van der Waals surface area contributed by atoms with Gasteiger partial charge < -0.3 is 15.5 Å². The minimum absolute atomic E-state index is 0.198. The Kier molecular flexibility index (Phi) is 4.63. The molecule has 4 nitrogen and oxygen atoms in total. The third kappa shape index (κ3) is 2.85. The summed E-state index contributed by atoms with van der Waals surface area (Å²) in [6.45, 7) is 2.37. The van der Waals surface area contributed by atoms with E-state index in [0.29, 0.717) is 5.75 Å². The minimum atomic E-state index is 0.198. The van der Waals surface area contributed by atoms with Crippen molar-refractivity contribution in [3.8, 4) is 0 Å². The van der Waals surface area contributed by atoms with Gasteiger partial charge in [0.2, 0.25) is 5.91 Å². The molecule has 0 aliphatic carbocycles.